The standard InChI is InChI=1S/C19H19FN4O/c20-16-8-6-14(7-9-16)18-22-19(25-23-18)15-4-3-11-24(12-15)13-17-5-1-2-10-21-17/h1-2,5-10,15H,3-4,11-13H2/t15-/m1/s1. The first-order valence-corrected chi connectivity index (χ1v) is 8.50. The van der Waals surface area contributed by atoms with Gasteiger partial charge in [0.2, 0.25) is 11.7 Å². The maximum atomic E-state index is 13.0. The van der Waals surface area contributed by atoms with Gasteiger partial charge in [0, 0.05) is 24.8 Å². The average molecular weight is 338 g/mol. The van der Waals surface area contributed by atoms with Crippen LogP contribution in [0.15, 0.2) is 53.2 Å². The molecule has 1 saturated heterocycles. The zero-order valence-corrected chi connectivity index (χ0v) is 13.8. The van der Waals surface area contributed by atoms with Gasteiger partial charge in [0.15, 0.2) is 0 Å². The Bertz CT molecular complexity index is 819. The summed E-state index contributed by atoms with van der Waals surface area (Å²) < 4.78 is 18.5. The maximum absolute atomic E-state index is 13.0. The maximum Gasteiger partial charge on any atom is 0.231 e. The Morgan fingerprint density at radius 1 is 1.16 bits per heavy atom. The predicted octanol–water partition coefficient (Wildman–Crippen LogP) is 3.65. The molecule has 3 heterocycles. The fourth-order valence-corrected chi connectivity index (χ4v) is 3.24. The van der Waals surface area contributed by atoms with E-state index in [1.807, 2.05) is 24.4 Å². The second kappa shape index (κ2) is 7.11. The predicted molar refractivity (Wildman–Crippen MR) is 91.2 cm³/mol. The van der Waals surface area contributed by atoms with Crippen molar-refractivity contribution < 1.29 is 8.91 Å². The molecule has 0 aliphatic carbocycles. The Labute approximate surface area is 145 Å². The fraction of sp³-hybridized carbons (Fsp3) is 0.316. The summed E-state index contributed by atoms with van der Waals surface area (Å²) in [5.41, 5.74) is 1.83. The third-order valence-electron chi connectivity index (χ3n) is 4.51. The largest absolute Gasteiger partial charge is 0.339 e. The van der Waals surface area contributed by atoms with Gasteiger partial charge >= 0.3 is 0 Å². The van der Waals surface area contributed by atoms with Gasteiger partial charge in [0.1, 0.15) is 5.82 Å². The van der Waals surface area contributed by atoms with Crippen LogP contribution >= 0.6 is 0 Å². The third kappa shape index (κ3) is 3.74. The smallest absolute Gasteiger partial charge is 0.231 e. The zero-order valence-electron chi connectivity index (χ0n) is 13.8. The molecule has 0 saturated carbocycles. The van der Waals surface area contributed by atoms with Crippen LogP contribution in [0.3, 0.4) is 0 Å². The molecule has 1 aromatic carbocycles. The molecule has 1 fully saturated rings. The summed E-state index contributed by atoms with van der Waals surface area (Å²) in [5.74, 6) is 1.12. The zero-order chi connectivity index (χ0) is 17.1. The number of pyridine rings is 1. The molecule has 2 aromatic heterocycles. The van der Waals surface area contributed by atoms with Gasteiger partial charge in [0.25, 0.3) is 0 Å². The molecule has 128 valence electrons. The molecule has 25 heavy (non-hydrogen) atoms. The Morgan fingerprint density at radius 2 is 2.04 bits per heavy atom. The average Bonchev–Trinajstić information content (AvgIpc) is 3.14. The second-order valence-corrected chi connectivity index (χ2v) is 6.36. The Morgan fingerprint density at radius 3 is 2.84 bits per heavy atom. The first-order valence-electron chi connectivity index (χ1n) is 8.50. The lowest BCUT2D eigenvalue weighted by Gasteiger charge is -2.30. The van der Waals surface area contributed by atoms with E-state index in [2.05, 4.69) is 20.0 Å². The summed E-state index contributed by atoms with van der Waals surface area (Å²) in [5, 5.41) is 4.06. The van der Waals surface area contributed by atoms with Crippen LogP contribution in [0, 0.1) is 5.82 Å². The molecule has 0 amide bonds. The molecule has 0 bridgehead atoms. The molecule has 5 nitrogen and oxygen atoms in total. The van der Waals surface area contributed by atoms with Crippen molar-refractivity contribution in [3.8, 4) is 11.4 Å². The molecule has 0 radical (unpaired) electrons. The molecule has 6 heteroatoms. The van der Waals surface area contributed by atoms with Crippen LogP contribution in [0.1, 0.15) is 30.3 Å². The Balaban J connectivity index is 1.45. The number of nitrogens with zero attached hydrogens (tertiary/aromatic N) is 4. The molecule has 0 N–H and O–H groups in total. The number of rotatable bonds is 4. The van der Waals surface area contributed by atoms with Crippen molar-refractivity contribution in [2.24, 2.45) is 0 Å². The van der Waals surface area contributed by atoms with Crippen LogP contribution in [0.5, 0.6) is 0 Å². The van der Waals surface area contributed by atoms with Gasteiger partial charge in [-0.15, -0.1) is 0 Å². The molecular formula is C19H19FN4O. The van der Waals surface area contributed by atoms with Crippen molar-refractivity contribution >= 4 is 0 Å². The van der Waals surface area contributed by atoms with E-state index in [-0.39, 0.29) is 11.7 Å². The topological polar surface area (TPSA) is 55.1 Å². The van der Waals surface area contributed by atoms with Gasteiger partial charge in [-0.25, -0.2) is 4.39 Å². The van der Waals surface area contributed by atoms with E-state index in [9.17, 15) is 4.39 Å². The Kier molecular flexibility index (Phi) is 4.52. The van der Waals surface area contributed by atoms with Crippen molar-refractivity contribution in [1.29, 1.82) is 0 Å². The number of hydrogen-bond acceptors (Lipinski definition) is 5. The SMILES string of the molecule is Fc1ccc(-c2noc([C@@H]3CCCN(Cc4ccccn4)C3)n2)cc1. The van der Waals surface area contributed by atoms with Gasteiger partial charge < -0.3 is 4.52 Å². The highest BCUT2D eigenvalue weighted by molar-refractivity contribution is 5.53. The van der Waals surface area contributed by atoms with Crippen LogP contribution in [-0.2, 0) is 6.54 Å². The van der Waals surface area contributed by atoms with Crippen LogP contribution < -0.4 is 0 Å². The molecule has 1 aliphatic rings. The van der Waals surface area contributed by atoms with E-state index in [1.165, 1.54) is 12.1 Å². The first-order chi connectivity index (χ1) is 12.3. The highest BCUT2D eigenvalue weighted by atomic mass is 19.1. The summed E-state index contributed by atoms with van der Waals surface area (Å²) in [6.07, 6.45) is 3.94. The van der Waals surface area contributed by atoms with Crippen molar-refractivity contribution in [3.63, 3.8) is 0 Å². The minimum absolute atomic E-state index is 0.221. The summed E-state index contributed by atoms with van der Waals surface area (Å²) >= 11 is 0. The number of benzene rings is 1. The number of hydrogen-bond donors (Lipinski definition) is 0. The molecule has 0 spiro atoms. The van der Waals surface area contributed by atoms with Gasteiger partial charge in [-0.3, -0.25) is 9.88 Å². The van der Waals surface area contributed by atoms with Crippen LogP contribution in [-0.4, -0.2) is 33.1 Å². The molecular weight excluding hydrogens is 319 g/mol. The third-order valence-corrected chi connectivity index (χ3v) is 4.51. The molecule has 0 unspecified atom stereocenters. The lowest BCUT2D eigenvalue weighted by atomic mass is 9.98. The highest BCUT2D eigenvalue weighted by Gasteiger charge is 2.26. The molecule has 4 rings (SSSR count). The van der Waals surface area contributed by atoms with Crippen molar-refractivity contribution in [3.05, 3.63) is 66.1 Å². The van der Waals surface area contributed by atoms with Crippen molar-refractivity contribution in [1.82, 2.24) is 20.0 Å². The van der Waals surface area contributed by atoms with E-state index in [4.69, 9.17) is 4.52 Å². The first kappa shape index (κ1) is 15.9. The van der Waals surface area contributed by atoms with E-state index >= 15 is 0 Å². The van der Waals surface area contributed by atoms with Gasteiger partial charge in [0.05, 0.1) is 11.6 Å². The minimum atomic E-state index is -0.273. The van der Waals surface area contributed by atoms with Crippen LogP contribution in [0.2, 0.25) is 0 Å². The van der Waals surface area contributed by atoms with Crippen molar-refractivity contribution in [2.75, 3.05) is 13.1 Å². The Hall–Kier alpha value is -2.60. The fourth-order valence-electron chi connectivity index (χ4n) is 3.24. The molecule has 1 aliphatic heterocycles. The summed E-state index contributed by atoms with van der Waals surface area (Å²) in [6.45, 7) is 2.75. The number of halogens is 1. The van der Waals surface area contributed by atoms with Crippen LogP contribution in [0.4, 0.5) is 4.39 Å². The lowest BCUT2D eigenvalue weighted by Crippen LogP contribution is -2.34. The van der Waals surface area contributed by atoms with E-state index in [0.29, 0.717) is 11.7 Å². The second-order valence-electron chi connectivity index (χ2n) is 6.36. The number of aromatic nitrogens is 3. The van der Waals surface area contributed by atoms with Gasteiger partial charge in [-0.1, -0.05) is 11.2 Å². The van der Waals surface area contributed by atoms with Gasteiger partial charge in [-0.2, -0.15) is 4.98 Å². The van der Waals surface area contributed by atoms with Gasteiger partial charge in [-0.05, 0) is 55.8 Å². The highest BCUT2D eigenvalue weighted by Crippen LogP contribution is 2.28. The van der Waals surface area contributed by atoms with Crippen LogP contribution in [0.25, 0.3) is 11.4 Å². The van der Waals surface area contributed by atoms with E-state index in [1.54, 1.807) is 12.1 Å². The monoisotopic (exact) mass is 338 g/mol. The molecule has 1 atom stereocenters. The summed E-state index contributed by atoms with van der Waals surface area (Å²) in [6, 6.07) is 12.1. The quantitative estimate of drug-likeness (QED) is 0.727. The number of likely N-dealkylation sites (tertiary alicyclic amines) is 1. The summed E-state index contributed by atoms with van der Waals surface area (Å²) in [7, 11) is 0. The van der Waals surface area contributed by atoms with Crippen molar-refractivity contribution in [2.45, 2.75) is 25.3 Å². The normalized spacial score (nSPS) is 18.4. The molecule has 3 aromatic rings. The van der Waals surface area contributed by atoms with E-state index < -0.39 is 0 Å². The lowest BCUT2D eigenvalue weighted by molar-refractivity contribution is 0.178. The minimum Gasteiger partial charge on any atom is -0.339 e. The number of piperidine rings is 1. The summed E-state index contributed by atoms with van der Waals surface area (Å²) in [4.78, 5) is 11.3. The van der Waals surface area contributed by atoms with E-state index in [0.717, 1.165) is 43.7 Å².